The van der Waals surface area contributed by atoms with Gasteiger partial charge in [0, 0.05) is 44.5 Å². The van der Waals surface area contributed by atoms with Crippen molar-refractivity contribution in [3.8, 4) is 0 Å². The maximum atomic E-state index is 5.43. The molecule has 1 aromatic rings. The number of morpholine rings is 1. The Kier molecular flexibility index (Phi) is 9.69. The normalized spacial score (nSPS) is 23.7. The summed E-state index contributed by atoms with van der Waals surface area (Å²) in [6, 6.07) is 8.84. The molecular formula is C20H33IN4OS. The Balaban J connectivity index is 0.00000261. The molecule has 1 atom stereocenters. The van der Waals surface area contributed by atoms with Gasteiger partial charge in [0.1, 0.15) is 0 Å². The lowest BCUT2D eigenvalue weighted by Gasteiger charge is -2.26. The van der Waals surface area contributed by atoms with Crippen LogP contribution < -0.4 is 10.6 Å². The predicted molar refractivity (Wildman–Crippen MR) is 126 cm³/mol. The maximum absolute atomic E-state index is 5.43. The fourth-order valence-electron chi connectivity index (χ4n) is 3.51. The van der Waals surface area contributed by atoms with Gasteiger partial charge in [0.2, 0.25) is 0 Å². The van der Waals surface area contributed by atoms with Crippen LogP contribution in [0.15, 0.2) is 29.3 Å². The van der Waals surface area contributed by atoms with Crippen molar-refractivity contribution in [3.63, 3.8) is 0 Å². The molecule has 0 saturated carbocycles. The van der Waals surface area contributed by atoms with E-state index in [0.29, 0.717) is 4.75 Å². The summed E-state index contributed by atoms with van der Waals surface area (Å²) in [6.45, 7) is 8.85. The molecule has 0 aromatic heterocycles. The molecule has 2 fully saturated rings. The van der Waals surface area contributed by atoms with Crippen LogP contribution in [-0.4, -0.2) is 61.3 Å². The molecule has 1 unspecified atom stereocenters. The number of guanidine groups is 1. The number of hydrogen-bond donors (Lipinski definition) is 2. The van der Waals surface area contributed by atoms with Crippen molar-refractivity contribution in [2.45, 2.75) is 37.6 Å². The lowest BCUT2D eigenvalue weighted by atomic mass is 10.1. The van der Waals surface area contributed by atoms with E-state index in [1.54, 1.807) is 0 Å². The fraction of sp³-hybridized carbons (Fsp3) is 0.650. The van der Waals surface area contributed by atoms with Gasteiger partial charge in [-0.15, -0.1) is 24.0 Å². The quantitative estimate of drug-likeness (QED) is 0.355. The molecule has 2 N–H and O–H groups in total. The van der Waals surface area contributed by atoms with E-state index in [1.165, 1.54) is 29.7 Å². The third-order valence-corrected chi connectivity index (χ3v) is 6.65. The molecular weight excluding hydrogens is 471 g/mol. The summed E-state index contributed by atoms with van der Waals surface area (Å²) < 4.78 is 5.77. The van der Waals surface area contributed by atoms with Crippen LogP contribution in [0.1, 0.15) is 30.9 Å². The highest BCUT2D eigenvalue weighted by Gasteiger charge is 2.29. The number of ether oxygens (including phenoxy) is 1. The number of rotatable bonds is 6. The Hall–Kier alpha value is -0.510. The van der Waals surface area contributed by atoms with Crippen LogP contribution in [0.25, 0.3) is 0 Å². The number of hydrogen-bond acceptors (Lipinski definition) is 4. The summed E-state index contributed by atoms with van der Waals surface area (Å²) in [5, 5.41) is 6.95. The number of aliphatic imine (C=N–C) groups is 1. The van der Waals surface area contributed by atoms with E-state index in [2.05, 4.69) is 63.5 Å². The fourth-order valence-corrected chi connectivity index (χ4v) is 4.75. The molecule has 1 aromatic carbocycles. The molecule has 0 radical (unpaired) electrons. The molecule has 152 valence electrons. The SMILES string of the molecule is CN=C(NCc1cccc(CN2CCOCC2)c1)NCC1(C)CCCS1.I. The molecule has 27 heavy (non-hydrogen) atoms. The largest absolute Gasteiger partial charge is 0.379 e. The molecule has 2 saturated heterocycles. The second-order valence-electron chi connectivity index (χ2n) is 7.39. The highest BCUT2D eigenvalue weighted by Crippen LogP contribution is 2.36. The number of thioether (sulfide) groups is 1. The second-order valence-corrected chi connectivity index (χ2v) is 9.07. The van der Waals surface area contributed by atoms with Crippen LogP contribution in [0.3, 0.4) is 0 Å². The first-order valence-electron chi connectivity index (χ1n) is 9.63. The van der Waals surface area contributed by atoms with E-state index in [9.17, 15) is 0 Å². The van der Waals surface area contributed by atoms with Gasteiger partial charge in [-0.25, -0.2) is 0 Å². The number of benzene rings is 1. The molecule has 0 spiro atoms. The van der Waals surface area contributed by atoms with Gasteiger partial charge < -0.3 is 15.4 Å². The molecule has 5 nitrogen and oxygen atoms in total. The lowest BCUT2D eigenvalue weighted by molar-refractivity contribution is 0.0342. The van der Waals surface area contributed by atoms with Gasteiger partial charge >= 0.3 is 0 Å². The topological polar surface area (TPSA) is 48.9 Å². The van der Waals surface area contributed by atoms with Crippen molar-refractivity contribution in [2.75, 3.05) is 45.6 Å². The summed E-state index contributed by atoms with van der Waals surface area (Å²) in [7, 11) is 1.84. The molecule has 3 rings (SSSR count). The van der Waals surface area contributed by atoms with E-state index >= 15 is 0 Å². The molecule has 0 aliphatic carbocycles. The van der Waals surface area contributed by atoms with Crippen LogP contribution >= 0.6 is 35.7 Å². The molecule has 2 aliphatic rings. The Morgan fingerprint density at radius 3 is 2.74 bits per heavy atom. The van der Waals surface area contributed by atoms with Gasteiger partial charge in [-0.1, -0.05) is 24.3 Å². The smallest absolute Gasteiger partial charge is 0.191 e. The van der Waals surface area contributed by atoms with Gasteiger partial charge in [0.25, 0.3) is 0 Å². The van der Waals surface area contributed by atoms with Gasteiger partial charge in [-0.3, -0.25) is 9.89 Å². The first kappa shape index (κ1) is 22.8. The van der Waals surface area contributed by atoms with Crippen molar-refractivity contribution in [3.05, 3.63) is 35.4 Å². The average Bonchev–Trinajstić information content (AvgIpc) is 3.10. The van der Waals surface area contributed by atoms with Crippen LogP contribution in [-0.2, 0) is 17.8 Å². The van der Waals surface area contributed by atoms with E-state index < -0.39 is 0 Å². The zero-order valence-electron chi connectivity index (χ0n) is 16.5. The number of nitrogens with zero attached hydrogens (tertiary/aromatic N) is 2. The van der Waals surface area contributed by atoms with Crippen LogP contribution in [0.4, 0.5) is 0 Å². The molecule has 2 aliphatic heterocycles. The van der Waals surface area contributed by atoms with Crippen LogP contribution in [0.5, 0.6) is 0 Å². The highest BCUT2D eigenvalue weighted by molar-refractivity contribution is 14.0. The molecule has 7 heteroatoms. The average molecular weight is 504 g/mol. The monoisotopic (exact) mass is 504 g/mol. The van der Waals surface area contributed by atoms with Crippen molar-refractivity contribution < 1.29 is 4.74 Å². The van der Waals surface area contributed by atoms with Gasteiger partial charge in [0.05, 0.1) is 13.2 Å². The first-order chi connectivity index (χ1) is 12.7. The Morgan fingerprint density at radius 2 is 2.04 bits per heavy atom. The minimum atomic E-state index is 0. The summed E-state index contributed by atoms with van der Waals surface area (Å²) in [4.78, 5) is 6.83. The van der Waals surface area contributed by atoms with Crippen molar-refractivity contribution >= 4 is 41.7 Å². The van der Waals surface area contributed by atoms with Crippen molar-refractivity contribution in [1.82, 2.24) is 15.5 Å². The van der Waals surface area contributed by atoms with Crippen molar-refractivity contribution in [1.29, 1.82) is 0 Å². The number of nitrogens with one attached hydrogen (secondary N) is 2. The third kappa shape index (κ3) is 7.44. The van der Waals surface area contributed by atoms with Crippen molar-refractivity contribution in [2.24, 2.45) is 4.99 Å². The highest BCUT2D eigenvalue weighted by atomic mass is 127. The third-order valence-electron chi connectivity index (χ3n) is 5.12. The zero-order chi connectivity index (χ0) is 18.2. The molecule has 2 heterocycles. The standard InChI is InChI=1S/C20H32N4OS.HI/c1-20(7-4-12-26-20)16-23-19(21-2)22-14-17-5-3-6-18(13-17)15-24-8-10-25-11-9-24;/h3,5-6,13H,4,7-12,14-16H2,1-2H3,(H2,21,22,23);1H. The minimum Gasteiger partial charge on any atom is -0.379 e. The summed E-state index contributed by atoms with van der Waals surface area (Å²) in [5.41, 5.74) is 2.66. The maximum Gasteiger partial charge on any atom is 0.191 e. The van der Waals surface area contributed by atoms with E-state index in [1.807, 2.05) is 7.05 Å². The van der Waals surface area contributed by atoms with E-state index in [4.69, 9.17) is 4.74 Å². The Bertz CT molecular complexity index is 601. The summed E-state index contributed by atoms with van der Waals surface area (Å²) >= 11 is 2.07. The number of halogens is 1. The minimum absolute atomic E-state index is 0. The second kappa shape index (κ2) is 11.5. The van der Waals surface area contributed by atoms with E-state index in [-0.39, 0.29) is 24.0 Å². The lowest BCUT2D eigenvalue weighted by Crippen LogP contribution is -2.43. The molecule has 0 amide bonds. The van der Waals surface area contributed by atoms with Gasteiger partial charge in [-0.05, 0) is 36.6 Å². The zero-order valence-corrected chi connectivity index (χ0v) is 19.6. The predicted octanol–water partition coefficient (Wildman–Crippen LogP) is 3.09. The van der Waals surface area contributed by atoms with E-state index in [0.717, 1.165) is 51.9 Å². The molecule has 0 bridgehead atoms. The van der Waals surface area contributed by atoms with Gasteiger partial charge in [-0.2, -0.15) is 11.8 Å². The Labute approximate surface area is 185 Å². The summed E-state index contributed by atoms with van der Waals surface area (Å²) in [5.74, 6) is 2.16. The van der Waals surface area contributed by atoms with Crippen LogP contribution in [0.2, 0.25) is 0 Å². The Morgan fingerprint density at radius 1 is 1.26 bits per heavy atom. The van der Waals surface area contributed by atoms with Gasteiger partial charge in [0.15, 0.2) is 5.96 Å². The first-order valence-corrected chi connectivity index (χ1v) is 10.6. The van der Waals surface area contributed by atoms with Crippen LogP contribution in [0, 0.1) is 0 Å². The summed E-state index contributed by atoms with van der Waals surface area (Å²) in [6.07, 6.45) is 2.61.